The van der Waals surface area contributed by atoms with Crippen LogP contribution in [0.15, 0.2) is 36.5 Å². The number of hydrogen-bond acceptors (Lipinski definition) is 3. The third-order valence-corrected chi connectivity index (χ3v) is 2.81. The molecule has 3 heteroatoms. The fraction of sp³-hybridized carbons (Fsp3) is 0.214. The van der Waals surface area contributed by atoms with Crippen molar-refractivity contribution in [2.24, 2.45) is 0 Å². The van der Waals surface area contributed by atoms with Crippen LogP contribution in [0.3, 0.4) is 0 Å². The van der Waals surface area contributed by atoms with Crippen molar-refractivity contribution in [3.8, 4) is 0 Å². The molecule has 0 radical (unpaired) electrons. The molecule has 0 saturated carbocycles. The normalized spacial score (nSPS) is 10.2. The molecule has 3 N–H and O–H groups in total. The second-order valence-corrected chi connectivity index (χ2v) is 4.21. The van der Waals surface area contributed by atoms with Crippen molar-refractivity contribution in [1.29, 1.82) is 0 Å². The maximum absolute atomic E-state index is 5.67. The third-order valence-electron chi connectivity index (χ3n) is 2.81. The zero-order valence-electron chi connectivity index (χ0n) is 10.2. The molecule has 17 heavy (non-hydrogen) atoms. The van der Waals surface area contributed by atoms with E-state index in [-0.39, 0.29) is 0 Å². The Bertz CT molecular complexity index is 521. The van der Waals surface area contributed by atoms with Crippen molar-refractivity contribution < 1.29 is 0 Å². The second-order valence-electron chi connectivity index (χ2n) is 4.21. The van der Waals surface area contributed by atoms with Crippen LogP contribution in [0.1, 0.15) is 16.7 Å². The first-order valence-corrected chi connectivity index (χ1v) is 5.67. The van der Waals surface area contributed by atoms with E-state index in [2.05, 4.69) is 29.4 Å². The minimum absolute atomic E-state index is 0.698. The van der Waals surface area contributed by atoms with Gasteiger partial charge in [-0.2, -0.15) is 0 Å². The predicted octanol–water partition coefficient (Wildman–Crippen LogP) is 2.89. The van der Waals surface area contributed by atoms with Crippen LogP contribution in [0.4, 0.5) is 11.5 Å². The molecule has 0 bridgehead atoms. The van der Waals surface area contributed by atoms with Crippen molar-refractivity contribution in [1.82, 2.24) is 4.98 Å². The van der Waals surface area contributed by atoms with Gasteiger partial charge in [-0.15, -0.1) is 0 Å². The molecule has 0 fully saturated rings. The summed E-state index contributed by atoms with van der Waals surface area (Å²) in [5, 5.41) is 3.33. The van der Waals surface area contributed by atoms with Gasteiger partial charge in [0.25, 0.3) is 0 Å². The number of pyridine rings is 1. The maximum Gasteiger partial charge on any atom is 0.129 e. The minimum atomic E-state index is 0.698. The highest BCUT2D eigenvalue weighted by Crippen LogP contribution is 2.15. The lowest BCUT2D eigenvalue weighted by atomic mass is 10.1. The summed E-state index contributed by atoms with van der Waals surface area (Å²) in [5.74, 6) is 0.891. The smallest absolute Gasteiger partial charge is 0.129 e. The number of rotatable bonds is 3. The van der Waals surface area contributed by atoms with Gasteiger partial charge in [0.2, 0.25) is 0 Å². The summed E-state index contributed by atoms with van der Waals surface area (Å²) in [5.41, 5.74) is 10.0. The number of hydrogen-bond donors (Lipinski definition) is 2. The monoisotopic (exact) mass is 227 g/mol. The Morgan fingerprint density at radius 1 is 1.18 bits per heavy atom. The van der Waals surface area contributed by atoms with E-state index >= 15 is 0 Å². The van der Waals surface area contributed by atoms with E-state index in [1.54, 1.807) is 6.20 Å². The van der Waals surface area contributed by atoms with Crippen molar-refractivity contribution in [3.63, 3.8) is 0 Å². The van der Waals surface area contributed by atoms with Crippen LogP contribution in [-0.2, 0) is 6.54 Å². The Morgan fingerprint density at radius 2 is 1.94 bits per heavy atom. The van der Waals surface area contributed by atoms with Crippen LogP contribution in [0.25, 0.3) is 0 Å². The Balaban J connectivity index is 2.10. The quantitative estimate of drug-likeness (QED) is 0.847. The molecule has 2 rings (SSSR count). The molecule has 88 valence electrons. The van der Waals surface area contributed by atoms with Crippen LogP contribution in [0.5, 0.6) is 0 Å². The standard InChI is InChI=1S/C14H17N3/c1-10-5-3-4-6-12(10)8-16-14-11(2)7-13(15)9-17-14/h3-7,9H,8,15H2,1-2H3,(H,16,17). The van der Waals surface area contributed by atoms with Gasteiger partial charge in [0.1, 0.15) is 5.82 Å². The first-order chi connectivity index (χ1) is 8.16. The molecule has 0 atom stereocenters. The molecule has 1 aromatic carbocycles. The van der Waals surface area contributed by atoms with Gasteiger partial charge >= 0.3 is 0 Å². The summed E-state index contributed by atoms with van der Waals surface area (Å²) in [6, 6.07) is 10.3. The molecule has 0 aliphatic carbocycles. The number of benzene rings is 1. The zero-order valence-corrected chi connectivity index (χ0v) is 10.2. The van der Waals surface area contributed by atoms with Crippen LogP contribution in [-0.4, -0.2) is 4.98 Å². The van der Waals surface area contributed by atoms with Gasteiger partial charge in [-0.25, -0.2) is 4.98 Å². The number of anilines is 2. The van der Waals surface area contributed by atoms with Crippen LogP contribution in [0, 0.1) is 13.8 Å². The largest absolute Gasteiger partial charge is 0.397 e. The summed E-state index contributed by atoms with van der Waals surface area (Å²) in [6.07, 6.45) is 1.67. The van der Waals surface area contributed by atoms with Gasteiger partial charge in [0.15, 0.2) is 0 Å². The molecule has 0 aliphatic heterocycles. The maximum atomic E-state index is 5.67. The highest BCUT2D eigenvalue weighted by atomic mass is 15.0. The van der Waals surface area contributed by atoms with Crippen LogP contribution in [0.2, 0.25) is 0 Å². The van der Waals surface area contributed by atoms with Crippen LogP contribution < -0.4 is 11.1 Å². The van der Waals surface area contributed by atoms with E-state index in [1.165, 1.54) is 11.1 Å². The Hall–Kier alpha value is -2.03. The lowest BCUT2D eigenvalue weighted by Gasteiger charge is -2.10. The summed E-state index contributed by atoms with van der Waals surface area (Å²) < 4.78 is 0. The molecular weight excluding hydrogens is 210 g/mol. The fourth-order valence-corrected chi connectivity index (χ4v) is 1.77. The van der Waals surface area contributed by atoms with E-state index in [0.717, 1.165) is 17.9 Å². The highest BCUT2D eigenvalue weighted by Gasteiger charge is 2.01. The SMILES string of the molecule is Cc1ccccc1CNc1ncc(N)cc1C. The molecule has 0 amide bonds. The summed E-state index contributed by atoms with van der Waals surface area (Å²) in [6.45, 7) is 4.90. The molecule has 0 saturated heterocycles. The summed E-state index contributed by atoms with van der Waals surface area (Å²) >= 11 is 0. The van der Waals surface area contributed by atoms with Gasteiger partial charge in [-0.05, 0) is 36.6 Å². The number of aryl methyl sites for hydroxylation is 2. The van der Waals surface area contributed by atoms with Crippen molar-refractivity contribution in [2.45, 2.75) is 20.4 Å². The third kappa shape index (κ3) is 2.75. The Kier molecular flexibility index (Phi) is 3.28. The molecule has 0 spiro atoms. The van der Waals surface area contributed by atoms with Crippen molar-refractivity contribution in [2.75, 3.05) is 11.1 Å². The van der Waals surface area contributed by atoms with Crippen molar-refractivity contribution in [3.05, 3.63) is 53.2 Å². The predicted molar refractivity (Wildman–Crippen MR) is 71.9 cm³/mol. The topological polar surface area (TPSA) is 50.9 Å². The molecule has 2 aromatic rings. The fourth-order valence-electron chi connectivity index (χ4n) is 1.77. The number of nitrogen functional groups attached to an aromatic ring is 1. The van der Waals surface area contributed by atoms with E-state index in [9.17, 15) is 0 Å². The first kappa shape index (κ1) is 11.5. The number of nitrogens with one attached hydrogen (secondary N) is 1. The van der Waals surface area contributed by atoms with E-state index < -0.39 is 0 Å². The molecular formula is C14H17N3. The molecule has 3 nitrogen and oxygen atoms in total. The molecule has 1 heterocycles. The van der Waals surface area contributed by atoms with Crippen LogP contribution >= 0.6 is 0 Å². The number of nitrogens with two attached hydrogens (primary N) is 1. The zero-order chi connectivity index (χ0) is 12.3. The first-order valence-electron chi connectivity index (χ1n) is 5.67. The van der Waals surface area contributed by atoms with Crippen molar-refractivity contribution >= 4 is 11.5 Å². The van der Waals surface area contributed by atoms with E-state index in [1.807, 2.05) is 25.1 Å². The summed E-state index contributed by atoms with van der Waals surface area (Å²) in [7, 11) is 0. The molecule has 0 aliphatic rings. The van der Waals surface area contributed by atoms with Gasteiger partial charge in [0, 0.05) is 6.54 Å². The van der Waals surface area contributed by atoms with E-state index in [4.69, 9.17) is 5.73 Å². The molecule has 0 unspecified atom stereocenters. The van der Waals surface area contributed by atoms with Gasteiger partial charge < -0.3 is 11.1 Å². The molecule has 1 aromatic heterocycles. The van der Waals surface area contributed by atoms with Gasteiger partial charge in [0.05, 0.1) is 11.9 Å². The number of aromatic nitrogens is 1. The lowest BCUT2D eigenvalue weighted by Crippen LogP contribution is -2.04. The second kappa shape index (κ2) is 4.87. The Labute approximate surface area is 102 Å². The lowest BCUT2D eigenvalue weighted by molar-refractivity contribution is 1.08. The summed E-state index contributed by atoms with van der Waals surface area (Å²) in [4.78, 5) is 4.29. The van der Waals surface area contributed by atoms with E-state index in [0.29, 0.717) is 5.69 Å². The average Bonchev–Trinajstić information content (AvgIpc) is 2.30. The highest BCUT2D eigenvalue weighted by molar-refractivity contribution is 5.51. The minimum Gasteiger partial charge on any atom is -0.397 e. The average molecular weight is 227 g/mol. The number of nitrogens with zero attached hydrogens (tertiary/aromatic N) is 1. The Morgan fingerprint density at radius 3 is 2.65 bits per heavy atom. The van der Waals surface area contributed by atoms with Gasteiger partial charge in [-0.1, -0.05) is 24.3 Å². The van der Waals surface area contributed by atoms with Gasteiger partial charge in [-0.3, -0.25) is 0 Å².